The van der Waals surface area contributed by atoms with Crippen LogP contribution in [0.25, 0.3) is 0 Å². The van der Waals surface area contributed by atoms with E-state index in [2.05, 4.69) is 5.32 Å². The predicted octanol–water partition coefficient (Wildman–Crippen LogP) is 1.01. The summed E-state index contributed by atoms with van der Waals surface area (Å²) >= 11 is 0. The highest BCUT2D eigenvalue weighted by molar-refractivity contribution is 5.76. The van der Waals surface area contributed by atoms with Crippen LogP contribution in [0.1, 0.15) is 33.6 Å². The van der Waals surface area contributed by atoms with Gasteiger partial charge in [-0.25, -0.2) is 0 Å². The number of ether oxygens (including phenoxy) is 1. The minimum Gasteiger partial charge on any atom is -0.369 e. The number of hydrogen-bond acceptors (Lipinski definition) is 3. The van der Waals surface area contributed by atoms with E-state index in [0.717, 1.165) is 19.5 Å². The lowest BCUT2D eigenvalue weighted by Crippen LogP contribution is -2.53. The van der Waals surface area contributed by atoms with E-state index in [1.54, 1.807) is 0 Å². The molecular formula is C12H24N2O2. The maximum absolute atomic E-state index is 11.9. The Morgan fingerprint density at radius 3 is 2.81 bits per heavy atom. The van der Waals surface area contributed by atoms with Crippen molar-refractivity contribution in [3.05, 3.63) is 0 Å². The first-order valence-corrected chi connectivity index (χ1v) is 6.05. The number of nitrogens with zero attached hydrogens (tertiary/aromatic N) is 1. The predicted molar refractivity (Wildman–Crippen MR) is 64.4 cm³/mol. The van der Waals surface area contributed by atoms with E-state index in [-0.39, 0.29) is 17.6 Å². The zero-order valence-corrected chi connectivity index (χ0v) is 10.9. The van der Waals surface area contributed by atoms with Gasteiger partial charge in [0.1, 0.15) is 0 Å². The quantitative estimate of drug-likeness (QED) is 0.730. The third-order valence-electron chi connectivity index (χ3n) is 2.74. The number of amides is 1. The van der Waals surface area contributed by atoms with Crippen LogP contribution in [0.5, 0.6) is 0 Å². The van der Waals surface area contributed by atoms with Crippen LogP contribution in [0.3, 0.4) is 0 Å². The molecule has 0 radical (unpaired) electrons. The lowest BCUT2D eigenvalue weighted by atomic mass is 10.0. The van der Waals surface area contributed by atoms with Crippen molar-refractivity contribution in [1.29, 1.82) is 0 Å². The monoisotopic (exact) mass is 228 g/mol. The van der Waals surface area contributed by atoms with Crippen LogP contribution in [-0.2, 0) is 9.53 Å². The molecule has 0 aromatic heterocycles. The van der Waals surface area contributed by atoms with E-state index in [1.807, 2.05) is 32.7 Å². The Morgan fingerprint density at radius 1 is 1.56 bits per heavy atom. The topological polar surface area (TPSA) is 41.6 Å². The summed E-state index contributed by atoms with van der Waals surface area (Å²) in [4.78, 5) is 13.9. The Morgan fingerprint density at radius 2 is 2.25 bits per heavy atom. The largest absolute Gasteiger partial charge is 0.369 e. The van der Waals surface area contributed by atoms with Gasteiger partial charge in [-0.05, 0) is 40.8 Å². The minimum absolute atomic E-state index is 0.136. The lowest BCUT2D eigenvalue weighted by molar-refractivity contribution is -0.158. The average Bonchev–Trinajstić information content (AvgIpc) is 2.14. The highest BCUT2D eigenvalue weighted by Gasteiger charge is 2.33. The Labute approximate surface area is 98.3 Å². The molecule has 1 atom stereocenters. The molecule has 0 saturated carbocycles. The SMILES string of the molecule is CNCCCC(=O)N1CC(C)OC(C)(C)C1. The van der Waals surface area contributed by atoms with Gasteiger partial charge in [-0.3, -0.25) is 4.79 Å². The van der Waals surface area contributed by atoms with Crippen molar-refractivity contribution in [2.75, 3.05) is 26.7 Å². The second kappa shape index (κ2) is 5.64. The molecule has 0 aromatic rings. The number of nitrogens with one attached hydrogen (secondary N) is 1. The molecule has 0 aliphatic carbocycles. The fourth-order valence-corrected chi connectivity index (χ4v) is 2.22. The maximum atomic E-state index is 11.9. The summed E-state index contributed by atoms with van der Waals surface area (Å²) in [5.74, 6) is 0.249. The van der Waals surface area contributed by atoms with E-state index in [1.165, 1.54) is 0 Å². The maximum Gasteiger partial charge on any atom is 0.222 e. The summed E-state index contributed by atoms with van der Waals surface area (Å²) in [7, 11) is 1.91. The molecule has 94 valence electrons. The first kappa shape index (κ1) is 13.5. The van der Waals surface area contributed by atoms with Gasteiger partial charge in [0.25, 0.3) is 0 Å². The van der Waals surface area contributed by atoms with E-state index >= 15 is 0 Å². The van der Waals surface area contributed by atoms with Gasteiger partial charge >= 0.3 is 0 Å². The van der Waals surface area contributed by atoms with Crippen molar-refractivity contribution in [2.24, 2.45) is 0 Å². The van der Waals surface area contributed by atoms with Crippen LogP contribution in [0.4, 0.5) is 0 Å². The normalized spacial score (nSPS) is 24.5. The summed E-state index contributed by atoms with van der Waals surface area (Å²) in [6, 6.07) is 0. The van der Waals surface area contributed by atoms with Crippen LogP contribution < -0.4 is 5.32 Å². The molecule has 1 heterocycles. The molecule has 4 heteroatoms. The number of morpholine rings is 1. The van der Waals surface area contributed by atoms with E-state index in [0.29, 0.717) is 13.0 Å². The van der Waals surface area contributed by atoms with Gasteiger partial charge in [-0.2, -0.15) is 0 Å². The van der Waals surface area contributed by atoms with Crippen LogP contribution in [0, 0.1) is 0 Å². The fourth-order valence-electron chi connectivity index (χ4n) is 2.22. The molecule has 1 N–H and O–H groups in total. The van der Waals surface area contributed by atoms with Crippen molar-refractivity contribution in [3.63, 3.8) is 0 Å². The van der Waals surface area contributed by atoms with E-state index in [9.17, 15) is 4.79 Å². The van der Waals surface area contributed by atoms with Gasteiger partial charge in [0.05, 0.1) is 11.7 Å². The molecule has 1 amide bonds. The second-order valence-corrected chi connectivity index (χ2v) is 5.17. The third-order valence-corrected chi connectivity index (χ3v) is 2.74. The highest BCUT2D eigenvalue weighted by Crippen LogP contribution is 2.21. The summed E-state index contributed by atoms with van der Waals surface area (Å²) < 4.78 is 5.77. The van der Waals surface area contributed by atoms with Gasteiger partial charge < -0.3 is 15.0 Å². The van der Waals surface area contributed by atoms with Gasteiger partial charge in [0.2, 0.25) is 5.91 Å². The second-order valence-electron chi connectivity index (χ2n) is 5.17. The van der Waals surface area contributed by atoms with Gasteiger partial charge in [0, 0.05) is 19.5 Å². The van der Waals surface area contributed by atoms with Crippen LogP contribution in [0.2, 0.25) is 0 Å². The molecule has 1 saturated heterocycles. The molecule has 1 fully saturated rings. The average molecular weight is 228 g/mol. The van der Waals surface area contributed by atoms with Crippen molar-refractivity contribution in [3.8, 4) is 0 Å². The third kappa shape index (κ3) is 4.10. The molecule has 1 unspecified atom stereocenters. The smallest absolute Gasteiger partial charge is 0.222 e. The van der Waals surface area contributed by atoms with E-state index in [4.69, 9.17) is 4.74 Å². The number of rotatable bonds is 4. The molecule has 0 bridgehead atoms. The zero-order valence-electron chi connectivity index (χ0n) is 10.9. The van der Waals surface area contributed by atoms with Crippen LogP contribution in [-0.4, -0.2) is 49.2 Å². The Balaban J connectivity index is 2.43. The highest BCUT2D eigenvalue weighted by atomic mass is 16.5. The first-order valence-electron chi connectivity index (χ1n) is 6.05. The Bertz CT molecular complexity index is 241. The van der Waals surface area contributed by atoms with Crippen LogP contribution >= 0.6 is 0 Å². The number of hydrogen-bond donors (Lipinski definition) is 1. The number of carbonyl (C=O) groups is 1. The fraction of sp³-hybridized carbons (Fsp3) is 0.917. The van der Waals surface area contributed by atoms with Gasteiger partial charge in [0.15, 0.2) is 0 Å². The molecule has 1 rings (SSSR count). The van der Waals surface area contributed by atoms with Crippen molar-refractivity contribution in [2.45, 2.75) is 45.3 Å². The standard InChI is InChI=1S/C12H24N2O2/c1-10-8-14(9-12(2,3)16-10)11(15)6-5-7-13-4/h10,13H,5-9H2,1-4H3. The molecule has 4 nitrogen and oxygen atoms in total. The Kier molecular flexibility index (Phi) is 4.74. The summed E-state index contributed by atoms with van der Waals surface area (Å²) in [5.41, 5.74) is -0.212. The van der Waals surface area contributed by atoms with E-state index < -0.39 is 0 Å². The lowest BCUT2D eigenvalue weighted by Gasteiger charge is -2.41. The number of carbonyl (C=O) groups excluding carboxylic acids is 1. The molecule has 1 aliphatic rings. The van der Waals surface area contributed by atoms with Gasteiger partial charge in [-0.15, -0.1) is 0 Å². The van der Waals surface area contributed by atoms with Crippen molar-refractivity contribution in [1.82, 2.24) is 10.2 Å². The molecule has 16 heavy (non-hydrogen) atoms. The minimum atomic E-state index is -0.212. The summed E-state index contributed by atoms with van der Waals surface area (Å²) in [6.45, 7) is 8.43. The molecule has 0 spiro atoms. The first-order chi connectivity index (χ1) is 7.44. The van der Waals surface area contributed by atoms with Gasteiger partial charge in [-0.1, -0.05) is 0 Å². The zero-order chi connectivity index (χ0) is 12.2. The van der Waals surface area contributed by atoms with Crippen LogP contribution in [0.15, 0.2) is 0 Å². The Hall–Kier alpha value is -0.610. The molecule has 0 aromatic carbocycles. The summed E-state index contributed by atoms with van der Waals surface area (Å²) in [6.07, 6.45) is 1.67. The summed E-state index contributed by atoms with van der Waals surface area (Å²) in [5, 5.41) is 3.06. The van der Waals surface area contributed by atoms with Crippen molar-refractivity contribution < 1.29 is 9.53 Å². The molecular weight excluding hydrogens is 204 g/mol. The van der Waals surface area contributed by atoms with Crippen molar-refractivity contribution >= 4 is 5.91 Å². The molecule has 1 aliphatic heterocycles.